The van der Waals surface area contributed by atoms with Gasteiger partial charge in [0.1, 0.15) is 5.75 Å². The predicted octanol–water partition coefficient (Wildman–Crippen LogP) is 3.36. The van der Waals surface area contributed by atoms with Crippen LogP contribution in [0, 0.1) is 13.8 Å². The standard InChI is InChI=1S/C10H13ClO/c1-4-12-9-6-5-7(2)10(11)8(9)3/h5-6H,4H2,1-3H3. The monoisotopic (exact) mass is 184 g/mol. The van der Waals surface area contributed by atoms with Crippen LogP contribution in [0.3, 0.4) is 0 Å². The van der Waals surface area contributed by atoms with Crippen molar-refractivity contribution in [2.75, 3.05) is 6.61 Å². The highest BCUT2D eigenvalue weighted by Gasteiger charge is 2.04. The molecule has 0 N–H and O–H groups in total. The Bertz CT molecular complexity index is 281. The summed E-state index contributed by atoms with van der Waals surface area (Å²) in [6, 6.07) is 3.93. The van der Waals surface area contributed by atoms with E-state index in [1.54, 1.807) is 0 Å². The van der Waals surface area contributed by atoms with Crippen molar-refractivity contribution in [1.82, 2.24) is 0 Å². The number of ether oxygens (including phenoxy) is 1. The maximum Gasteiger partial charge on any atom is 0.123 e. The molecule has 1 nitrogen and oxygen atoms in total. The van der Waals surface area contributed by atoms with Gasteiger partial charge in [0.05, 0.1) is 11.6 Å². The van der Waals surface area contributed by atoms with Gasteiger partial charge in [-0.25, -0.2) is 0 Å². The van der Waals surface area contributed by atoms with Crippen LogP contribution in [0.15, 0.2) is 12.1 Å². The Balaban J connectivity index is 3.08. The van der Waals surface area contributed by atoms with Crippen molar-refractivity contribution in [3.05, 3.63) is 28.3 Å². The Morgan fingerprint density at radius 2 is 2.00 bits per heavy atom. The average molecular weight is 185 g/mol. The van der Waals surface area contributed by atoms with Crippen molar-refractivity contribution in [1.29, 1.82) is 0 Å². The molecular formula is C10H13ClO. The summed E-state index contributed by atoms with van der Waals surface area (Å²) in [6.07, 6.45) is 0. The fourth-order valence-corrected chi connectivity index (χ4v) is 1.27. The molecule has 66 valence electrons. The van der Waals surface area contributed by atoms with E-state index in [4.69, 9.17) is 16.3 Å². The van der Waals surface area contributed by atoms with Crippen molar-refractivity contribution in [2.24, 2.45) is 0 Å². The highest BCUT2D eigenvalue weighted by Crippen LogP contribution is 2.28. The Morgan fingerprint density at radius 1 is 1.33 bits per heavy atom. The van der Waals surface area contributed by atoms with Gasteiger partial charge in [0.25, 0.3) is 0 Å². The zero-order chi connectivity index (χ0) is 9.14. The van der Waals surface area contributed by atoms with Crippen LogP contribution < -0.4 is 4.74 Å². The molecule has 0 saturated heterocycles. The second-order valence-corrected chi connectivity index (χ2v) is 3.13. The third-order valence-corrected chi connectivity index (χ3v) is 2.41. The Labute approximate surface area is 78.3 Å². The van der Waals surface area contributed by atoms with E-state index in [0.717, 1.165) is 21.9 Å². The van der Waals surface area contributed by atoms with Crippen LogP contribution in [0.2, 0.25) is 5.02 Å². The fourth-order valence-electron chi connectivity index (χ4n) is 1.11. The lowest BCUT2D eigenvalue weighted by Crippen LogP contribution is -1.94. The highest BCUT2D eigenvalue weighted by atomic mass is 35.5. The maximum absolute atomic E-state index is 6.04. The molecule has 0 atom stereocenters. The number of hydrogen-bond donors (Lipinski definition) is 0. The molecule has 0 aromatic heterocycles. The molecule has 0 aliphatic carbocycles. The normalized spacial score (nSPS) is 10.0. The highest BCUT2D eigenvalue weighted by molar-refractivity contribution is 6.32. The van der Waals surface area contributed by atoms with Gasteiger partial charge in [-0.2, -0.15) is 0 Å². The molecule has 0 bridgehead atoms. The van der Waals surface area contributed by atoms with Crippen LogP contribution in [0.4, 0.5) is 0 Å². The van der Waals surface area contributed by atoms with Gasteiger partial charge in [-0.1, -0.05) is 17.7 Å². The molecule has 0 unspecified atom stereocenters. The molecule has 0 amide bonds. The van der Waals surface area contributed by atoms with E-state index < -0.39 is 0 Å². The molecule has 0 radical (unpaired) electrons. The third kappa shape index (κ3) is 1.72. The van der Waals surface area contributed by atoms with E-state index >= 15 is 0 Å². The molecule has 0 spiro atoms. The van der Waals surface area contributed by atoms with E-state index in [0.29, 0.717) is 6.61 Å². The van der Waals surface area contributed by atoms with Crippen molar-refractivity contribution >= 4 is 11.6 Å². The fraction of sp³-hybridized carbons (Fsp3) is 0.400. The van der Waals surface area contributed by atoms with Crippen molar-refractivity contribution < 1.29 is 4.74 Å². The summed E-state index contributed by atoms with van der Waals surface area (Å²) in [4.78, 5) is 0. The van der Waals surface area contributed by atoms with Gasteiger partial charge in [0.2, 0.25) is 0 Å². The summed E-state index contributed by atoms with van der Waals surface area (Å²) in [5.74, 6) is 0.883. The largest absolute Gasteiger partial charge is 0.494 e. The SMILES string of the molecule is CCOc1ccc(C)c(Cl)c1C. The van der Waals surface area contributed by atoms with Gasteiger partial charge in [-0.3, -0.25) is 0 Å². The molecule has 1 aromatic carbocycles. The molecule has 12 heavy (non-hydrogen) atoms. The summed E-state index contributed by atoms with van der Waals surface area (Å²) >= 11 is 6.04. The minimum absolute atomic E-state index is 0.681. The minimum Gasteiger partial charge on any atom is -0.494 e. The molecule has 0 aliphatic rings. The van der Waals surface area contributed by atoms with Gasteiger partial charge in [-0.15, -0.1) is 0 Å². The van der Waals surface area contributed by atoms with Gasteiger partial charge in [0, 0.05) is 5.56 Å². The number of aryl methyl sites for hydroxylation is 1. The predicted molar refractivity (Wildman–Crippen MR) is 52.1 cm³/mol. The zero-order valence-electron chi connectivity index (χ0n) is 7.65. The van der Waals surface area contributed by atoms with E-state index in [-0.39, 0.29) is 0 Å². The van der Waals surface area contributed by atoms with Crippen LogP contribution in [-0.2, 0) is 0 Å². The molecule has 1 rings (SSSR count). The zero-order valence-corrected chi connectivity index (χ0v) is 8.40. The molecule has 0 aliphatic heterocycles. The van der Waals surface area contributed by atoms with Crippen LogP contribution in [0.25, 0.3) is 0 Å². The van der Waals surface area contributed by atoms with Crippen LogP contribution in [0.1, 0.15) is 18.1 Å². The Hall–Kier alpha value is -0.690. The van der Waals surface area contributed by atoms with Crippen LogP contribution >= 0.6 is 11.6 Å². The Morgan fingerprint density at radius 3 is 2.58 bits per heavy atom. The summed E-state index contributed by atoms with van der Waals surface area (Å²) < 4.78 is 5.39. The average Bonchev–Trinajstić information content (AvgIpc) is 2.07. The molecule has 1 aromatic rings. The van der Waals surface area contributed by atoms with Gasteiger partial charge < -0.3 is 4.74 Å². The van der Waals surface area contributed by atoms with Crippen LogP contribution in [0.5, 0.6) is 5.75 Å². The van der Waals surface area contributed by atoms with E-state index in [9.17, 15) is 0 Å². The lowest BCUT2D eigenvalue weighted by atomic mass is 10.1. The summed E-state index contributed by atoms with van der Waals surface area (Å²) in [6.45, 7) is 6.61. The number of rotatable bonds is 2. The third-order valence-electron chi connectivity index (χ3n) is 1.83. The summed E-state index contributed by atoms with van der Waals surface area (Å²) in [5, 5.41) is 0.806. The molecule has 2 heteroatoms. The molecule has 0 fully saturated rings. The molecule has 0 saturated carbocycles. The first-order valence-electron chi connectivity index (χ1n) is 4.05. The lowest BCUT2D eigenvalue weighted by Gasteiger charge is -2.09. The lowest BCUT2D eigenvalue weighted by molar-refractivity contribution is 0.338. The van der Waals surface area contributed by atoms with Crippen molar-refractivity contribution in [3.8, 4) is 5.75 Å². The van der Waals surface area contributed by atoms with Crippen molar-refractivity contribution in [3.63, 3.8) is 0 Å². The van der Waals surface area contributed by atoms with E-state index in [2.05, 4.69) is 0 Å². The topological polar surface area (TPSA) is 9.23 Å². The number of hydrogen-bond acceptors (Lipinski definition) is 1. The minimum atomic E-state index is 0.681. The summed E-state index contributed by atoms with van der Waals surface area (Å²) in [5.41, 5.74) is 2.12. The first kappa shape index (κ1) is 9.40. The number of halogens is 1. The number of benzene rings is 1. The van der Waals surface area contributed by atoms with Crippen molar-refractivity contribution in [2.45, 2.75) is 20.8 Å². The Kier molecular flexibility index (Phi) is 2.99. The summed E-state index contributed by atoms with van der Waals surface area (Å²) in [7, 11) is 0. The molecular weight excluding hydrogens is 172 g/mol. The van der Waals surface area contributed by atoms with Gasteiger partial charge in [-0.05, 0) is 32.4 Å². The second-order valence-electron chi connectivity index (χ2n) is 2.75. The maximum atomic E-state index is 6.04. The van der Waals surface area contributed by atoms with E-state index in [1.165, 1.54) is 0 Å². The first-order chi connectivity index (χ1) is 5.66. The second kappa shape index (κ2) is 3.81. The quantitative estimate of drug-likeness (QED) is 0.685. The van der Waals surface area contributed by atoms with E-state index in [1.807, 2.05) is 32.9 Å². The van der Waals surface area contributed by atoms with Gasteiger partial charge in [0.15, 0.2) is 0 Å². The van der Waals surface area contributed by atoms with Crippen LogP contribution in [-0.4, -0.2) is 6.61 Å². The van der Waals surface area contributed by atoms with Gasteiger partial charge >= 0.3 is 0 Å². The first-order valence-corrected chi connectivity index (χ1v) is 4.43. The smallest absolute Gasteiger partial charge is 0.123 e. The molecule has 0 heterocycles.